The van der Waals surface area contributed by atoms with Crippen LogP contribution in [-0.2, 0) is 0 Å². The second-order valence-corrected chi connectivity index (χ2v) is 4.23. The zero-order chi connectivity index (χ0) is 11.3. The number of hydrogen-bond donors (Lipinski definition) is 3. The molecule has 0 bridgehead atoms. The van der Waals surface area contributed by atoms with Crippen molar-refractivity contribution in [2.45, 2.75) is 25.9 Å². The minimum atomic E-state index is -0.245. The smallest absolute Gasteiger partial charge is 0.140 e. The quantitative estimate of drug-likeness (QED) is 0.768. The molecule has 5 heteroatoms. The van der Waals surface area contributed by atoms with Crippen molar-refractivity contribution < 1.29 is 5.11 Å². The highest BCUT2D eigenvalue weighted by Gasteiger charge is 2.03. The van der Waals surface area contributed by atoms with Gasteiger partial charge in [0.1, 0.15) is 5.82 Å². The number of aromatic nitrogens is 1. The van der Waals surface area contributed by atoms with Gasteiger partial charge in [-0.05, 0) is 34.8 Å². The van der Waals surface area contributed by atoms with Gasteiger partial charge in [-0.25, -0.2) is 4.98 Å². The molecule has 0 amide bonds. The number of pyridine rings is 1. The molecule has 0 aromatic carbocycles. The number of nitrogens with zero attached hydrogens (tertiary/aromatic N) is 1. The minimum Gasteiger partial charge on any atom is -0.397 e. The van der Waals surface area contributed by atoms with Gasteiger partial charge in [0.05, 0.1) is 22.5 Å². The lowest BCUT2D eigenvalue weighted by atomic mass is 10.2. The minimum absolute atomic E-state index is 0.245. The molecular weight excluding hydrogens is 258 g/mol. The lowest BCUT2D eigenvalue weighted by Crippen LogP contribution is -2.13. The highest BCUT2D eigenvalue weighted by Crippen LogP contribution is 2.21. The second kappa shape index (κ2) is 5.92. The van der Waals surface area contributed by atoms with Gasteiger partial charge < -0.3 is 16.2 Å². The van der Waals surface area contributed by atoms with Crippen molar-refractivity contribution >= 4 is 27.4 Å². The molecule has 0 saturated heterocycles. The summed E-state index contributed by atoms with van der Waals surface area (Å²) in [4.78, 5) is 4.14. The van der Waals surface area contributed by atoms with Crippen molar-refractivity contribution in [1.29, 1.82) is 0 Å². The summed E-state index contributed by atoms with van der Waals surface area (Å²) >= 11 is 3.36. The zero-order valence-electron chi connectivity index (χ0n) is 8.70. The Morgan fingerprint density at radius 3 is 3.00 bits per heavy atom. The van der Waals surface area contributed by atoms with Crippen LogP contribution in [0.15, 0.2) is 16.7 Å². The highest BCUT2D eigenvalue weighted by atomic mass is 79.9. The highest BCUT2D eigenvalue weighted by molar-refractivity contribution is 9.10. The van der Waals surface area contributed by atoms with Gasteiger partial charge in [0.2, 0.25) is 0 Å². The van der Waals surface area contributed by atoms with Crippen LogP contribution in [-0.4, -0.2) is 22.7 Å². The van der Waals surface area contributed by atoms with E-state index in [1.165, 1.54) is 0 Å². The normalized spacial score (nSPS) is 12.5. The molecule has 1 unspecified atom stereocenters. The molecule has 1 atom stereocenters. The summed E-state index contributed by atoms with van der Waals surface area (Å²) in [6, 6.07) is 1.80. The third-order valence-corrected chi connectivity index (χ3v) is 2.71. The van der Waals surface area contributed by atoms with Crippen LogP contribution in [0.1, 0.15) is 19.8 Å². The zero-order valence-corrected chi connectivity index (χ0v) is 10.3. The van der Waals surface area contributed by atoms with Crippen LogP contribution in [0.4, 0.5) is 11.5 Å². The summed E-state index contributed by atoms with van der Waals surface area (Å²) in [5, 5.41) is 12.5. The third-order valence-electron chi connectivity index (χ3n) is 2.10. The lowest BCUT2D eigenvalue weighted by molar-refractivity contribution is 0.164. The van der Waals surface area contributed by atoms with Gasteiger partial charge in [-0.1, -0.05) is 6.92 Å². The lowest BCUT2D eigenvalue weighted by Gasteiger charge is -2.10. The van der Waals surface area contributed by atoms with Gasteiger partial charge in [-0.15, -0.1) is 0 Å². The van der Waals surface area contributed by atoms with E-state index < -0.39 is 0 Å². The number of rotatable bonds is 5. The number of aliphatic hydroxyl groups excluding tert-OH is 1. The van der Waals surface area contributed by atoms with Gasteiger partial charge in [0, 0.05) is 6.54 Å². The molecule has 0 spiro atoms. The van der Waals surface area contributed by atoms with Crippen LogP contribution in [0.3, 0.4) is 0 Å². The molecule has 1 aromatic rings. The number of halogens is 1. The Labute approximate surface area is 98.0 Å². The summed E-state index contributed by atoms with van der Waals surface area (Å²) in [6.07, 6.45) is 2.85. The number of nitrogens with two attached hydrogens (primary N) is 1. The summed E-state index contributed by atoms with van der Waals surface area (Å²) in [5.41, 5.74) is 6.19. The van der Waals surface area contributed by atoms with Crippen LogP contribution in [0, 0.1) is 0 Å². The number of anilines is 2. The first-order valence-electron chi connectivity index (χ1n) is 4.96. The standard InChI is InChI=1S/C10H16BrN3O/c1-2-8(15)3-4-13-10-9(11)5-7(12)6-14-10/h5-6,8,15H,2-4,12H2,1H3,(H,13,14). The van der Waals surface area contributed by atoms with E-state index in [0.717, 1.165) is 23.1 Å². The Kier molecular flexibility index (Phi) is 4.84. The first-order valence-corrected chi connectivity index (χ1v) is 5.75. The van der Waals surface area contributed by atoms with Crippen LogP contribution in [0.5, 0.6) is 0 Å². The van der Waals surface area contributed by atoms with E-state index in [-0.39, 0.29) is 6.10 Å². The Bertz CT molecular complexity index is 320. The second-order valence-electron chi connectivity index (χ2n) is 3.38. The van der Waals surface area contributed by atoms with Crippen molar-refractivity contribution in [2.75, 3.05) is 17.6 Å². The predicted octanol–water partition coefficient (Wildman–Crippen LogP) is 2.00. The van der Waals surface area contributed by atoms with Crippen molar-refractivity contribution in [3.05, 3.63) is 16.7 Å². The van der Waals surface area contributed by atoms with Crippen molar-refractivity contribution in [3.63, 3.8) is 0 Å². The number of hydrogen-bond acceptors (Lipinski definition) is 4. The molecule has 0 saturated carbocycles. The van der Waals surface area contributed by atoms with Crippen molar-refractivity contribution in [2.24, 2.45) is 0 Å². The van der Waals surface area contributed by atoms with Crippen LogP contribution < -0.4 is 11.1 Å². The molecular formula is C10H16BrN3O. The Morgan fingerprint density at radius 1 is 1.67 bits per heavy atom. The monoisotopic (exact) mass is 273 g/mol. The van der Waals surface area contributed by atoms with E-state index in [9.17, 15) is 5.11 Å². The fraction of sp³-hybridized carbons (Fsp3) is 0.500. The third kappa shape index (κ3) is 4.05. The molecule has 0 fully saturated rings. The van der Waals surface area contributed by atoms with E-state index in [1.54, 1.807) is 12.3 Å². The molecule has 15 heavy (non-hydrogen) atoms. The Morgan fingerprint density at radius 2 is 2.40 bits per heavy atom. The predicted molar refractivity (Wildman–Crippen MR) is 65.8 cm³/mol. The molecule has 4 nitrogen and oxygen atoms in total. The van der Waals surface area contributed by atoms with Gasteiger partial charge in [0.25, 0.3) is 0 Å². The number of nitrogen functional groups attached to an aromatic ring is 1. The summed E-state index contributed by atoms with van der Waals surface area (Å²) in [7, 11) is 0. The molecule has 4 N–H and O–H groups in total. The largest absolute Gasteiger partial charge is 0.397 e. The van der Waals surface area contributed by atoms with Crippen molar-refractivity contribution in [1.82, 2.24) is 4.98 Å². The molecule has 84 valence electrons. The van der Waals surface area contributed by atoms with Gasteiger partial charge in [-0.3, -0.25) is 0 Å². The fourth-order valence-corrected chi connectivity index (χ4v) is 1.65. The van der Waals surface area contributed by atoms with Crippen LogP contribution >= 0.6 is 15.9 Å². The van der Waals surface area contributed by atoms with E-state index >= 15 is 0 Å². The number of nitrogens with one attached hydrogen (secondary N) is 1. The molecule has 0 aliphatic heterocycles. The van der Waals surface area contributed by atoms with Gasteiger partial charge >= 0.3 is 0 Å². The summed E-state index contributed by atoms with van der Waals surface area (Å²) in [5.74, 6) is 0.757. The van der Waals surface area contributed by atoms with Gasteiger partial charge in [-0.2, -0.15) is 0 Å². The maximum absolute atomic E-state index is 9.36. The first kappa shape index (κ1) is 12.3. The van der Waals surface area contributed by atoms with E-state index in [2.05, 4.69) is 26.2 Å². The van der Waals surface area contributed by atoms with E-state index in [4.69, 9.17) is 5.73 Å². The molecule has 0 radical (unpaired) electrons. The Hall–Kier alpha value is -0.810. The van der Waals surface area contributed by atoms with E-state index in [1.807, 2.05) is 6.92 Å². The molecule has 0 aliphatic rings. The number of aliphatic hydroxyl groups is 1. The van der Waals surface area contributed by atoms with Crippen molar-refractivity contribution in [3.8, 4) is 0 Å². The summed E-state index contributed by atoms with van der Waals surface area (Å²) in [6.45, 7) is 2.66. The average molecular weight is 274 g/mol. The fourth-order valence-electron chi connectivity index (χ4n) is 1.14. The SMILES string of the molecule is CCC(O)CCNc1ncc(N)cc1Br. The topological polar surface area (TPSA) is 71.2 Å². The average Bonchev–Trinajstić information content (AvgIpc) is 2.21. The molecule has 0 aliphatic carbocycles. The molecule has 1 heterocycles. The molecule has 1 rings (SSSR count). The van der Waals surface area contributed by atoms with E-state index in [0.29, 0.717) is 12.2 Å². The van der Waals surface area contributed by atoms with Gasteiger partial charge in [0.15, 0.2) is 0 Å². The van der Waals surface area contributed by atoms with Crippen LogP contribution in [0.2, 0.25) is 0 Å². The molecule has 1 aromatic heterocycles. The summed E-state index contributed by atoms with van der Waals surface area (Å²) < 4.78 is 0.841. The maximum atomic E-state index is 9.36. The maximum Gasteiger partial charge on any atom is 0.140 e. The Balaban J connectivity index is 2.44. The first-order chi connectivity index (χ1) is 7.13. The van der Waals surface area contributed by atoms with Crippen LogP contribution in [0.25, 0.3) is 0 Å².